The number of hydrogen-bond donors (Lipinski definition) is 0. The number of para-hydroxylation sites is 6. The lowest BCUT2D eigenvalue weighted by atomic mass is 9.74. The van der Waals surface area contributed by atoms with E-state index >= 15 is 0 Å². The summed E-state index contributed by atoms with van der Waals surface area (Å²) in [5.41, 5.74) is 22.2. The van der Waals surface area contributed by atoms with Crippen molar-refractivity contribution in [2.75, 3.05) is 4.90 Å². The Morgan fingerprint density at radius 2 is 0.784 bits per heavy atom. The zero-order chi connectivity index (χ0) is 49.2. The van der Waals surface area contributed by atoms with Crippen LogP contribution in [0, 0.1) is 0 Å². The molecule has 0 bridgehead atoms. The zero-order valence-corrected chi connectivity index (χ0v) is 41.0. The summed E-state index contributed by atoms with van der Waals surface area (Å²) in [5.74, 6) is 0. The third-order valence-corrected chi connectivity index (χ3v) is 15.7. The molecule has 348 valence electrons. The van der Waals surface area contributed by atoms with Crippen LogP contribution in [0.3, 0.4) is 0 Å². The van der Waals surface area contributed by atoms with Crippen molar-refractivity contribution in [1.29, 1.82) is 0 Å². The maximum absolute atomic E-state index is 2.56. The summed E-state index contributed by atoms with van der Waals surface area (Å²) in [6.45, 7) is 2.41. The number of anilines is 3. The van der Waals surface area contributed by atoms with Crippen LogP contribution in [0.5, 0.6) is 0 Å². The van der Waals surface area contributed by atoms with Crippen LogP contribution in [0.15, 0.2) is 285 Å². The highest BCUT2D eigenvalue weighted by molar-refractivity contribution is 6.16. The first-order valence-electron chi connectivity index (χ1n) is 25.7. The Balaban J connectivity index is 1.08. The molecule has 1 aliphatic rings. The Morgan fingerprint density at radius 1 is 0.324 bits per heavy atom. The summed E-state index contributed by atoms with van der Waals surface area (Å²) < 4.78 is 2.46. The second kappa shape index (κ2) is 17.7. The first-order valence-corrected chi connectivity index (χ1v) is 25.7. The fourth-order valence-electron chi connectivity index (χ4n) is 12.4. The first kappa shape index (κ1) is 43.3. The van der Waals surface area contributed by atoms with E-state index in [0.29, 0.717) is 0 Å². The van der Waals surface area contributed by atoms with E-state index in [4.69, 9.17) is 0 Å². The standard InChI is InChI=1S/C72H50N2/c1-72(51-29-7-3-8-30-51)63-43-16-11-37-62(63)70-59(40-24-44-64(70)72)55-34-13-19-47-67(55)74(66-46-18-12-33-54(66)58-39-22-28-50-27-21-38-53(69(50)58)49-25-5-2-6-26-49)68-48-20-15-36-57(68)61-42-23-41-60-56-35-14-17-45-65(56)73(71(60)61)52-31-9-4-10-32-52/h2-48H,1H3. The molecule has 0 radical (unpaired) electrons. The van der Waals surface area contributed by atoms with Gasteiger partial charge in [0.2, 0.25) is 0 Å². The molecule has 1 aromatic heterocycles. The number of rotatable bonds is 9. The minimum atomic E-state index is -0.349. The molecule has 74 heavy (non-hydrogen) atoms. The van der Waals surface area contributed by atoms with E-state index in [-0.39, 0.29) is 5.41 Å². The van der Waals surface area contributed by atoms with Crippen LogP contribution >= 0.6 is 0 Å². The van der Waals surface area contributed by atoms with Gasteiger partial charge in [-0.1, -0.05) is 249 Å². The topological polar surface area (TPSA) is 8.17 Å². The maximum Gasteiger partial charge on any atom is 0.0620 e. The minimum absolute atomic E-state index is 0.349. The van der Waals surface area contributed by atoms with Gasteiger partial charge < -0.3 is 9.47 Å². The van der Waals surface area contributed by atoms with E-state index in [1.165, 1.54) is 82.6 Å². The molecule has 0 N–H and O–H groups in total. The Kier molecular flexibility index (Phi) is 10.3. The van der Waals surface area contributed by atoms with Crippen LogP contribution in [0.1, 0.15) is 23.6 Å². The summed E-state index contributed by atoms with van der Waals surface area (Å²) in [4.78, 5) is 2.56. The van der Waals surface area contributed by atoms with Gasteiger partial charge in [0.05, 0.1) is 28.1 Å². The van der Waals surface area contributed by atoms with Crippen LogP contribution in [0.2, 0.25) is 0 Å². The molecule has 2 nitrogen and oxygen atoms in total. The van der Waals surface area contributed by atoms with Gasteiger partial charge in [0, 0.05) is 44.1 Å². The summed E-state index contributed by atoms with van der Waals surface area (Å²) in [6.07, 6.45) is 0. The average Bonchev–Trinajstić information content (AvgIpc) is 4.01. The van der Waals surface area contributed by atoms with E-state index in [1.807, 2.05) is 0 Å². The molecule has 13 aromatic rings. The Bertz CT molecular complexity index is 4260. The zero-order valence-electron chi connectivity index (χ0n) is 41.0. The van der Waals surface area contributed by atoms with Crippen LogP contribution in [-0.2, 0) is 5.41 Å². The van der Waals surface area contributed by atoms with Gasteiger partial charge in [-0.15, -0.1) is 0 Å². The molecule has 0 saturated carbocycles. The third kappa shape index (κ3) is 6.72. The highest BCUT2D eigenvalue weighted by Gasteiger charge is 2.42. The molecule has 2 heteroatoms. The van der Waals surface area contributed by atoms with E-state index in [2.05, 4.69) is 302 Å². The van der Waals surface area contributed by atoms with Crippen molar-refractivity contribution in [2.24, 2.45) is 0 Å². The lowest BCUT2D eigenvalue weighted by Crippen LogP contribution is -2.22. The number of hydrogen-bond acceptors (Lipinski definition) is 1. The van der Waals surface area contributed by atoms with Gasteiger partial charge in [0.25, 0.3) is 0 Å². The predicted octanol–water partition coefficient (Wildman–Crippen LogP) is 19.4. The molecule has 0 saturated heterocycles. The maximum atomic E-state index is 2.56. The van der Waals surface area contributed by atoms with Crippen LogP contribution < -0.4 is 4.90 Å². The second-order valence-electron chi connectivity index (χ2n) is 19.6. The summed E-state index contributed by atoms with van der Waals surface area (Å²) >= 11 is 0. The molecule has 0 fully saturated rings. The van der Waals surface area contributed by atoms with Crippen LogP contribution in [0.25, 0.3) is 93.9 Å². The number of nitrogens with zero attached hydrogens (tertiary/aromatic N) is 2. The van der Waals surface area contributed by atoms with Crippen molar-refractivity contribution in [3.8, 4) is 61.3 Å². The number of aromatic nitrogens is 1. The molecule has 12 aromatic carbocycles. The smallest absolute Gasteiger partial charge is 0.0620 e. The molecule has 1 heterocycles. The van der Waals surface area contributed by atoms with E-state index in [9.17, 15) is 0 Å². The van der Waals surface area contributed by atoms with Crippen molar-refractivity contribution in [1.82, 2.24) is 4.57 Å². The lowest BCUT2D eigenvalue weighted by molar-refractivity contribution is 0.714. The van der Waals surface area contributed by atoms with Gasteiger partial charge in [-0.25, -0.2) is 0 Å². The fourth-order valence-corrected chi connectivity index (χ4v) is 12.4. The number of benzene rings is 12. The van der Waals surface area contributed by atoms with Gasteiger partial charge in [-0.05, 0) is 104 Å². The third-order valence-electron chi connectivity index (χ3n) is 15.7. The van der Waals surface area contributed by atoms with Gasteiger partial charge in [0.1, 0.15) is 0 Å². The SMILES string of the molecule is CC1(c2ccccc2)c2ccccc2-c2c(-c3ccccc3N(c3ccccc3-c3cccc4cccc(-c5ccccc5)c34)c3ccccc3-c3cccc4c5ccccc5n(-c5ccccc5)c34)cccc21. The van der Waals surface area contributed by atoms with Crippen molar-refractivity contribution in [3.05, 3.63) is 302 Å². The first-order chi connectivity index (χ1) is 36.7. The monoisotopic (exact) mass is 942 g/mol. The highest BCUT2D eigenvalue weighted by atomic mass is 15.2. The summed E-state index contributed by atoms with van der Waals surface area (Å²) in [5, 5.41) is 4.87. The van der Waals surface area contributed by atoms with E-state index in [0.717, 1.165) is 45.0 Å². The van der Waals surface area contributed by atoms with Crippen LogP contribution in [0.4, 0.5) is 17.1 Å². The van der Waals surface area contributed by atoms with Gasteiger partial charge >= 0.3 is 0 Å². The quantitative estimate of drug-likeness (QED) is 0.140. The average molecular weight is 943 g/mol. The normalized spacial score (nSPS) is 13.8. The molecule has 1 unspecified atom stereocenters. The lowest BCUT2D eigenvalue weighted by Gasteiger charge is -2.32. The highest BCUT2D eigenvalue weighted by Crippen LogP contribution is 2.57. The van der Waals surface area contributed by atoms with E-state index in [1.54, 1.807) is 0 Å². The molecule has 0 aliphatic heterocycles. The Labute approximate surface area is 432 Å². The second-order valence-corrected chi connectivity index (χ2v) is 19.6. The molecule has 1 aliphatic carbocycles. The van der Waals surface area contributed by atoms with Gasteiger partial charge in [0.15, 0.2) is 0 Å². The van der Waals surface area contributed by atoms with Gasteiger partial charge in [-0.2, -0.15) is 0 Å². The molecule has 0 amide bonds. The number of fused-ring (bicyclic) bond motifs is 7. The summed E-state index contributed by atoms with van der Waals surface area (Å²) in [6, 6.07) is 105. The fraction of sp³-hybridized carbons (Fsp3) is 0.0278. The largest absolute Gasteiger partial charge is 0.309 e. The van der Waals surface area contributed by atoms with Crippen molar-refractivity contribution >= 4 is 49.6 Å². The van der Waals surface area contributed by atoms with Crippen molar-refractivity contribution < 1.29 is 0 Å². The molecule has 0 spiro atoms. The summed E-state index contributed by atoms with van der Waals surface area (Å²) in [7, 11) is 0. The molecule has 1 atom stereocenters. The van der Waals surface area contributed by atoms with E-state index < -0.39 is 0 Å². The molecular formula is C72H50N2. The van der Waals surface area contributed by atoms with Gasteiger partial charge in [-0.3, -0.25) is 0 Å². The Hall–Kier alpha value is -9.50. The van der Waals surface area contributed by atoms with Crippen LogP contribution in [-0.4, -0.2) is 4.57 Å². The minimum Gasteiger partial charge on any atom is -0.309 e. The molecule has 14 rings (SSSR count). The predicted molar refractivity (Wildman–Crippen MR) is 312 cm³/mol. The Morgan fingerprint density at radius 3 is 1.49 bits per heavy atom. The van der Waals surface area contributed by atoms with Crippen molar-refractivity contribution in [2.45, 2.75) is 12.3 Å². The molecular weight excluding hydrogens is 893 g/mol. The van der Waals surface area contributed by atoms with Crippen molar-refractivity contribution in [3.63, 3.8) is 0 Å².